The molecule has 2 aliphatic heterocycles. The minimum absolute atomic E-state index is 0.179. The van der Waals surface area contributed by atoms with Crippen LogP contribution in [0.1, 0.15) is 13.3 Å². The van der Waals surface area contributed by atoms with Gasteiger partial charge in [-0.25, -0.2) is 0 Å². The molecule has 2 unspecified atom stereocenters. The van der Waals surface area contributed by atoms with E-state index in [0.29, 0.717) is 0 Å². The Hall–Kier alpha value is -0.730. The van der Waals surface area contributed by atoms with E-state index in [4.69, 9.17) is 14.2 Å². The zero-order valence-electron chi connectivity index (χ0n) is 14.2. The van der Waals surface area contributed by atoms with Crippen molar-refractivity contribution in [3.05, 3.63) is 0 Å². The van der Waals surface area contributed by atoms with Crippen molar-refractivity contribution in [3.8, 4) is 0 Å². The number of carbonyl (C=O) groups excluding carboxylic acids is 1. The van der Waals surface area contributed by atoms with E-state index in [2.05, 4.69) is 0 Å². The summed E-state index contributed by atoms with van der Waals surface area (Å²) in [5, 5.41) is 68.6. The van der Waals surface area contributed by atoms with Crippen molar-refractivity contribution in [3.63, 3.8) is 0 Å². The predicted molar refractivity (Wildman–Crippen MR) is 81.7 cm³/mol. The van der Waals surface area contributed by atoms with Crippen LogP contribution in [0.3, 0.4) is 0 Å². The van der Waals surface area contributed by atoms with Gasteiger partial charge >= 0.3 is 0 Å². The molecule has 10 atom stereocenters. The van der Waals surface area contributed by atoms with Crippen LogP contribution in [-0.4, -0.2) is 116 Å². The van der Waals surface area contributed by atoms with Gasteiger partial charge in [0.15, 0.2) is 6.29 Å². The Morgan fingerprint density at radius 2 is 1.38 bits per heavy atom. The van der Waals surface area contributed by atoms with Gasteiger partial charge in [-0.3, -0.25) is 4.79 Å². The first-order valence-electron chi connectivity index (χ1n) is 8.29. The fraction of sp³-hybridized carbons (Fsp3) is 0.933. The van der Waals surface area contributed by atoms with Crippen molar-refractivity contribution in [2.24, 2.45) is 0 Å². The van der Waals surface area contributed by atoms with Crippen molar-refractivity contribution in [1.82, 2.24) is 0 Å². The lowest BCUT2D eigenvalue weighted by Crippen LogP contribution is -2.64. The van der Waals surface area contributed by atoms with E-state index in [1.54, 1.807) is 0 Å². The van der Waals surface area contributed by atoms with Crippen LogP contribution in [0.2, 0.25) is 0 Å². The normalized spacial score (nSPS) is 46.9. The molecule has 11 nitrogen and oxygen atoms in total. The number of rotatable bonds is 6. The first kappa shape index (κ1) is 21.6. The van der Waals surface area contributed by atoms with Crippen LogP contribution in [0, 0.1) is 0 Å². The maximum atomic E-state index is 11.2. The Morgan fingerprint density at radius 1 is 0.808 bits per heavy atom. The van der Waals surface area contributed by atoms with E-state index < -0.39 is 74.4 Å². The smallest absolute Gasteiger partial charge is 0.187 e. The number of ether oxygens (including phenoxy) is 3. The minimum Gasteiger partial charge on any atom is -0.394 e. The number of carbonyl (C=O) groups is 1. The fourth-order valence-electron chi connectivity index (χ4n) is 3.12. The van der Waals surface area contributed by atoms with Crippen molar-refractivity contribution in [2.75, 3.05) is 13.2 Å². The van der Waals surface area contributed by atoms with E-state index in [0.717, 1.165) is 0 Å². The van der Waals surface area contributed by atoms with Gasteiger partial charge in [-0.1, -0.05) is 0 Å². The van der Waals surface area contributed by atoms with Gasteiger partial charge in [-0.2, -0.15) is 0 Å². The van der Waals surface area contributed by atoms with Crippen LogP contribution < -0.4 is 0 Å². The van der Waals surface area contributed by atoms with Crippen LogP contribution >= 0.6 is 0 Å². The minimum atomic E-state index is -1.72. The highest BCUT2D eigenvalue weighted by Gasteiger charge is 2.50. The average molecular weight is 382 g/mol. The lowest BCUT2D eigenvalue weighted by Gasteiger charge is -2.46. The third-order valence-corrected chi connectivity index (χ3v) is 4.59. The van der Waals surface area contributed by atoms with Crippen LogP contribution in [-0.2, 0) is 19.0 Å². The maximum absolute atomic E-state index is 11.2. The summed E-state index contributed by atoms with van der Waals surface area (Å²) in [4.78, 5) is 11.2. The van der Waals surface area contributed by atoms with Crippen molar-refractivity contribution >= 4 is 5.78 Å². The molecule has 0 amide bonds. The van der Waals surface area contributed by atoms with Gasteiger partial charge in [0.2, 0.25) is 0 Å². The van der Waals surface area contributed by atoms with Gasteiger partial charge in [0.25, 0.3) is 0 Å². The van der Waals surface area contributed by atoms with Gasteiger partial charge < -0.3 is 50.0 Å². The van der Waals surface area contributed by atoms with Gasteiger partial charge in [0.05, 0.1) is 19.3 Å². The molecule has 0 bridgehead atoms. The van der Waals surface area contributed by atoms with E-state index >= 15 is 0 Å². The molecule has 2 rings (SSSR count). The average Bonchev–Trinajstić information content (AvgIpc) is 2.60. The molecule has 0 aliphatic carbocycles. The van der Waals surface area contributed by atoms with Crippen LogP contribution in [0.5, 0.6) is 0 Å². The lowest BCUT2D eigenvalue weighted by atomic mass is 9.92. The van der Waals surface area contributed by atoms with Crippen LogP contribution in [0.4, 0.5) is 0 Å². The summed E-state index contributed by atoms with van der Waals surface area (Å²) >= 11 is 0. The Morgan fingerprint density at radius 3 is 1.92 bits per heavy atom. The molecule has 0 spiro atoms. The molecule has 2 heterocycles. The molecule has 0 aromatic carbocycles. The number of hydrogen-bond donors (Lipinski definition) is 7. The predicted octanol–water partition coefficient (Wildman–Crippen LogP) is -4.37. The second-order valence-corrected chi connectivity index (χ2v) is 6.58. The van der Waals surface area contributed by atoms with Gasteiger partial charge in [-0.05, 0) is 6.92 Å². The van der Waals surface area contributed by atoms with Gasteiger partial charge in [0, 0.05) is 6.42 Å². The van der Waals surface area contributed by atoms with Gasteiger partial charge in [-0.15, -0.1) is 0 Å². The highest BCUT2D eigenvalue weighted by atomic mass is 16.7. The molecular weight excluding hydrogens is 356 g/mol. The summed E-state index contributed by atoms with van der Waals surface area (Å²) in [5.41, 5.74) is 0. The zero-order chi connectivity index (χ0) is 19.6. The molecule has 0 saturated carbocycles. The Balaban J connectivity index is 2.12. The quantitative estimate of drug-likeness (QED) is 0.235. The molecule has 7 N–H and O–H groups in total. The number of aliphatic hydroxyl groups excluding tert-OH is 7. The third-order valence-electron chi connectivity index (χ3n) is 4.59. The Labute approximate surface area is 149 Å². The lowest BCUT2D eigenvalue weighted by molar-refractivity contribution is -0.341. The highest BCUT2D eigenvalue weighted by molar-refractivity contribution is 5.76. The second kappa shape index (κ2) is 8.97. The maximum Gasteiger partial charge on any atom is 0.187 e. The third kappa shape index (κ3) is 4.39. The van der Waals surface area contributed by atoms with Crippen LogP contribution in [0.25, 0.3) is 0 Å². The second-order valence-electron chi connectivity index (χ2n) is 6.58. The molecule has 152 valence electrons. The molecule has 2 aliphatic rings. The van der Waals surface area contributed by atoms with Crippen LogP contribution in [0.15, 0.2) is 0 Å². The standard InChI is InChI=1S/C15H26O11/c1-5(18)2-6-9(19)12(22)14(8(4-17)24-6)26-15-13(23)11(21)10(20)7(3-16)25-15/h6-17,19-23H,2-4H2,1H3/t6-,7-,8-,9+,10+,11+,12-,13-,14?,15?/m1/s1. The van der Waals surface area contributed by atoms with E-state index in [9.17, 15) is 40.5 Å². The Bertz CT molecular complexity index is 471. The summed E-state index contributed by atoms with van der Waals surface area (Å²) in [6.45, 7) is -0.00546. The molecule has 26 heavy (non-hydrogen) atoms. The molecule has 2 fully saturated rings. The molecule has 2 saturated heterocycles. The summed E-state index contributed by atoms with van der Waals surface area (Å²) < 4.78 is 16.0. The molecular formula is C15H26O11. The van der Waals surface area contributed by atoms with E-state index in [-0.39, 0.29) is 12.2 Å². The molecule has 0 aromatic rings. The Kier molecular flexibility index (Phi) is 7.44. The molecule has 11 heteroatoms. The van der Waals surface area contributed by atoms with Crippen molar-refractivity contribution in [2.45, 2.75) is 74.6 Å². The summed E-state index contributed by atoms with van der Waals surface area (Å²) in [7, 11) is 0. The monoisotopic (exact) mass is 382 g/mol. The first-order chi connectivity index (χ1) is 12.2. The van der Waals surface area contributed by atoms with Gasteiger partial charge in [0.1, 0.15) is 54.6 Å². The summed E-state index contributed by atoms with van der Waals surface area (Å²) in [6.07, 6.45) is -14.6. The number of hydrogen-bond acceptors (Lipinski definition) is 11. The summed E-state index contributed by atoms with van der Waals surface area (Å²) in [6, 6.07) is 0. The number of Topliss-reactive ketones (excluding diaryl/α,β-unsaturated/α-hetero) is 1. The van der Waals surface area contributed by atoms with Crippen molar-refractivity contribution < 1.29 is 54.8 Å². The summed E-state index contributed by atoms with van der Waals surface area (Å²) in [5.74, 6) is -0.286. The first-order valence-corrected chi connectivity index (χ1v) is 8.29. The number of aliphatic hydroxyl groups is 7. The highest BCUT2D eigenvalue weighted by Crippen LogP contribution is 2.30. The van der Waals surface area contributed by atoms with E-state index in [1.165, 1.54) is 6.92 Å². The fourth-order valence-corrected chi connectivity index (χ4v) is 3.12. The topological polar surface area (TPSA) is 186 Å². The SMILES string of the molecule is CC(=O)C[C@H]1O[C@H](CO)C(OC2O[C@H](CO)[C@H](O)[C@H](O)[C@H]2O)[C@H](O)[C@H]1O. The van der Waals surface area contributed by atoms with Crippen molar-refractivity contribution in [1.29, 1.82) is 0 Å². The van der Waals surface area contributed by atoms with E-state index in [1.807, 2.05) is 0 Å². The molecule has 0 aromatic heterocycles. The zero-order valence-corrected chi connectivity index (χ0v) is 14.2. The largest absolute Gasteiger partial charge is 0.394 e. The number of ketones is 1. The molecule has 0 radical (unpaired) electrons.